The summed E-state index contributed by atoms with van der Waals surface area (Å²) in [6, 6.07) is 6.39. The van der Waals surface area contributed by atoms with Gasteiger partial charge < -0.3 is 24.3 Å². The SMILES string of the molecule is COCCOc1ccc(NC(=O)c2cc(C(=O)O)co2)c(C)c1. The third-order valence-corrected chi connectivity index (χ3v) is 3.07. The Hall–Kier alpha value is -2.80. The molecule has 1 aromatic heterocycles. The number of amides is 1. The Balaban J connectivity index is 2.04. The zero-order valence-corrected chi connectivity index (χ0v) is 12.8. The largest absolute Gasteiger partial charge is 0.491 e. The van der Waals surface area contributed by atoms with Crippen molar-refractivity contribution in [3.05, 3.63) is 47.4 Å². The van der Waals surface area contributed by atoms with E-state index < -0.39 is 11.9 Å². The number of anilines is 1. The van der Waals surface area contributed by atoms with E-state index in [1.165, 1.54) is 6.07 Å². The Morgan fingerprint density at radius 1 is 1.26 bits per heavy atom. The molecule has 122 valence electrons. The molecule has 23 heavy (non-hydrogen) atoms. The maximum Gasteiger partial charge on any atom is 0.338 e. The molecule has 2 rings (SSSR count). The molecule has 0 unspecified atom stereocenters. The van der Waals surface area contributed by atoms with Crippen molar-refractivity contribution in [2.75, 3.05) is 25.6 Å². The molecule has 0 saturated carbocycles. The van der Waals surface area contributed by atoms with E-state index in [2.05, 4.69) is 5.32 Å². The molecule has 1 heterocycles. The van der Waals surface area contributed by atoms with E-state index in [4.69, 9.17) is 19.0 Å². The number of aryl methyl sites for hydroxylation is 1. The molecule has 0 atom stereocenters. The first-order chi connectivity index (χ1) is 11.0. The van der Waals surface area contributed by atoms with Crippen LogP contribution in [0.2, 0.25) is 0 Å². The summed E-state index contributed by atoms with van der Waals surface area (Å²) in [5.74, 6) is -1.07. The van der Waals surface area contributed by atoms with Gasteiger partial charge in [-0.1, -0.05) is 0 Å². The summed E-state index contributed by atoms with van der Waals surface area (Å²) in [7, 11) is 1.59. The molecule has 1 amide bonds. The smallest absolute Gasteiger partial charge is 0.338 e. The highest BCUT2D eigenvalue weighted by atomic mass is 16.5. The summed E-state index contributed by atoms with van der Waals surface area (Å²) >= 11 is 0. The van der Waals surface area contributed by atoms with Crippen LogP contribution in [0, 0.1) is 6.92 Å². The third-order valence-electron chi connectivity index (χ3n) is 3.07. The van der Waals surface area contributed by atoms with Crippen LogP contribution in [0.4, 0.5) is 5.69 Å². The van der Waals surface area contributed by atoms with E-state index in [0.29, 0.717) is 24.7 Å². The number of hydrogen-bond acceptors (Lipinski definition) is 5. The second kappa shape index (κ2) is 7.46. The molecule has 0 radical (unpaired) electrons. The molecule has 0 bridgehead atoms. The predicted octanol–water partition coefficient (Wildman–Crippen LogP) is 2.56. The number of aromatic carboxylic acids is 1. The van der Waals surface area contributed by atoms with Crippen molar-refractivity contribution in [1.82, 2.24) is 0 Å². The summed E-state index contributed by atoms with van der Waals surface area (Å²) in [5, 5.41) is 11.5. The highest BCUT2D eigenvalue weighted by Gasteiger charge is 2.15. The van der Waals surface area contributed by atoms with Crippen molar-refractivity contribution in [1.29, 1.82) is 0 Å². The average Bonchev–Trinajstić information content (AvgIpc) is 3.00. The van der Waals surface area contributed by atoms with E-state index in [9.17, 15) is 9.59 Å². The van der Waals surface area contributed by atoms with Gasteiger partial charge in [-0.25, -0.2) is 4.79 Å². The fraction of sp³-hybridized carbons (Fsp3) is 0.250. The van der Waals surface area contributed by atoms with Crippen LogP contribution in [0.1, 0.15) is 26.5 Å². The van der Waals surface area contributed by atoms with Gasteiger partial charge in [0.25, 0.3) is 5.91 Å². The van der Waals surface area contributed by atoms with Crippen molar-refractivity contribution >= 4 is 17.6 Å². The molecule has 0 aliphatic heterocycles. The number of furan rings is 1. The second-order valence-corrected chi connectivity index (χ2v) is 4.78. The van der Waals surface area contributed by atoms with Crippen LogP contribution in [0.25, 0.3) is 0 Å². The molecule has 0 spiro atoms. The Morgan fingerprint density at radius 2 is 2.04 bits per heavy atom. The lowest BCUT2D eigenvalue weighted by atomic mass is 10.2. The quantitative estimate of drug-likeness (QED) is 0.761. The van der Waals surface area contributed by atoms with Gasteiger partial charge >= 0.3 is 5.97 Å². The molecule has 7 nitrogen and oxygen atoms in total. The number of hydrogen-bond donors (Lipinski definition) is 2. The first kappa shape index (κ1) is 16.6. The lowest BCUT2D eigenvalue weighted by molar-refractivity contribution is 0.0696. The van der Waals surface area contributed by atoms with E-state index in [0.717, 1.165) is 11.8 Å². The topological polar surface area (TPSA) is 98.0 Å². The normalized spacial score (nSPS) is 10.3. The minimum atomic E-state index is -1.15. The van der Waals surface area contributed by atoms with Gasteiger partial charge in [0.15, 0.2) is 5.76 Å². The molecule has 1 aromatic carbocycles. The Morgan fingerprint density at radius 3 is 2.65 bits per heavy atom. The predicted molar refractivity (Wildman–Crippen MR) is 82.2 cm³/mol. The van der Waals surface area contributed by atoms with E-state index in [1.807, 2.05) is 6.92 Å². The van der Waals surface area contributed by atoms with Gasteiger partial charge in [0, 0.05) is 18.9 Å². The molecular weight excluding hydrogens is 302 g/mol. The fourth-order valence-electron chi connectivity index (χ4n) is 1.86. The van der Waals surface area contributed by atoms with Gasteiger partial charge in [-0.05, 0) is 30.7 Å². The second-order valence-electron chi connectivity index (χ2n) is 4.78. The van der Waals surface area contributed by atoms with Crippen LogP contribution in [0.15, 0.2) is 34.9 Å². The number of ether oxygens (including phenoxy) is 2. The highest BCUT2D eigenvalue weighted by molar-refractivity contribution is 6.04. The third kappa shape index (κ3) is 4.33. The van der Waals surface area contributed by atoms with Crippen molar-refractivity contribution in [2.24, 2.45) is 0 Å². The number of carbonyl (C=O) groups is 2. The zero-order valence-electron chi connectivity index (χ0n) is 12.8. The first-order valence-electron chi connectivity index (χ1n) is 6.87. The zero-order chi connectivity index (χ0) is 16.8. The summed E-state index contributed by atoms with van der Waals surface area (Å²) in [5.41, 5.74) is 1.31. The number of carboxylic acids is 1. The van der Waals surface area contributed by atoms with Crippen molar-refractivity contribution in [3.8, 4) is 5.75 Å². The minimum Gasteiger partial charge on any atom is -0.491 e. The monoisotopic (exact) mass is 319 g/mol. The lowest BCUT2D eigenvalue weighted by Crippen LogP contribution is -2.12. The standard InChI is InChI=1S/C16H17NO6/c1-10-7-12(22-6-5-21-2)3-4-13(10)17-15(18)14-8-11(9-23-14)16(19)20/h3-4,7-9H,5-6H2,1-2H3,(H,17,18)(H,19,20). The molecule has 7 heteroatoms. The van der Waals surface area contributed by atoms with Crippen LogP contribution in [0.3, 0.4) is 0 Å². The number of carbonyl (C=O) groups excluding carboxylic acids is 1. The van der Waals surface area contributed by atoms with Crippen molar-refractivity contribution < 1.29 is 28.6 Å². The van der Waals surface area contributed by atoms with E-state index in [-0.39, 0.29) is 11.3 Å². The molecule has 0 fully saturated rings. The Kier molecular flexibility index (Phi) is 5.37. The van der Waals surface area contributed by atoms with Crippen LogP contribution in [0.5, 0.6) is 5.75 Å². The van der Waals surface area contributed by atoms with Crippen LogP contribution >= 0.6 is 0 Å². The summed E-state index contributed by atoms with van der Waals surface area (Å²) < 4.78 is 15.3. The molecule has 0 aliphatic rings. The minimum absolute atomic E-state index is 0.0674. The van der Waals surface area contributed by atoms with E-state index >= 15 is 0 Å². The highest BCUT2D eigenvalue weighted by Crippen LogP contribution is 2.22. The van der Waals surface area contributed by atoms with E-state index in [1.54, 1.807) is 25.3 Å². The maximum atomic E-state index is 12.1. The molecule has 0 aliphatic carbocycles. The number of methoxy groups -OCH3 is 1. The number of carboxylic acid groups (broad SMARTS) is 1. The van der Waals surface area contributed by atoms with Gasteiger partial charge in [-0.3, -0.25) is 4.79 Å². The number of rotatable bonds is 7. The van der Waals surface area contributed by atoms with Gasteiger partial charge in [0.1, 0.15) is 18.6 Å². The summed E-state index contributed by atoms with van der Waals surface area (Å²) in [6.45, 7) is 2.75. The Labute approximate surface area is 132 Å². The molecule has 2 aromatic rings. The molecule has 0 saturated heterocycles. The molecular formula is C16H17NO6. The van der Waals surface area contributed by atoms with Crippen LogP contribution in [-0.2, 0) is 4.74 Å². The van der Waals surface area contributed by atoms with Crippen molar-refractivity contribution in [3.63, 3.8) is 0 Å². The average molecular weight is 319 g/mol. The van der Waals surface area contributed by atoms with Gasteiger partial charge in [0.05, 0.1) is 12.2 Å². The first-order valence-corrected chi connectivity index (χ1v) is 6.87. The van der Waals surface area contributed by atoms with Crippen LogP contribution < -0.4 is 10.1 Å². The van der Waals surface area contributed by atoms with Gasteiger partial charge in [-0.2, -0.15) is 0 Å². The lowest BCUT2D eigenvalue weighted by Gasteiger charge is -2.10. The van der Waals surface area contributed by atoms with Crippen molar-refractivity contribution in [2.45, 2.75) is 6.92 Å². The summed E-state index contributed by atoms with van der Waals surface area (Å²) in [4.78, 5) is 22.8. The van der Waals surface area contributed by atoms with Gasteiger partial charge in [-0.15, -0.1) is 0 Å². The fourth-order valence-corrected chi connectivity index (χ4v) is 1.86. The molecule has 2 N–H and O–H groups in total. The van der Waals surface area contributed by atoms with Gasteiger partial charge in [0.2, 0.25) is 0 Å². The maximum absolute atomic E-state index is 12.1. The number of benzene rings is 1. The Bertz CT molecular complexity index is 706. The van der Waals surface area contributed by atoms with Crippen LogP contribution in [-0.4, -0.2) is 37.3 Å². The summed E-state index contributed by atoms with van der Waals surface area (Å²) in [6.07, 6.45) is 1.02. The number of nitrogens with one attached hydrogen (secondary N) is 1.